The molecule has 130 valence electrons. The Bertz CT molecular complexity index is 789. The summed E-state index contributed by atoms with van der Waals surface area (Å²) >= 11 is 3.49. The fraction of sp³-hybridized carbons (Fsp3) is 0.333. The number of halogens is 1. The molecule has 2 aromatic carbocycles. The maximum Gasteiger partial charge on any atom is 0.242 e. The van der Waals surface area contributed by atoms with Crippen LogP contribution in [0.1, 0.15) is 37.1 Å². The Kier molecular flexibility index (Phi) is 6.20. The molecule has 0 saturated carbocycles. The third kappa shape index (κ3) is 4.45. The minimum Gasteiger partial charge on any atom is -0.304 e. The van der Waals surface area contributed by atoms with Gasteiger partial charge in [-0.1, -0.05) is 40.2 Å². The zero-order valence-electron chi connectivity index (χ0n) is 14.3. The van der Waals surface area contributed by atoms with Crippen LogP contribution in [-0.4, -0.2) is 26.8 Å². The van der Waals surface area contributed by atoms with Gasteiger partial charge in [0.25, 0.3) is 0 Å². The quantitative estimate of drug-likeness (QED) is 0.778. The molecule has 0 heterocycles. The Balaban J connectivity index is 2.12. The first-order valence-corrected chi connectivity index (χ1v) is 9.99. The van der Waals surface area contributed by atoms with E-state index < -0.39 is 10.0 Å². The molecule has 2 rings (SSSR count). The Morgan fingerprint density at radius 3 is 2.08 bits per heavy atom. The first-order chi connectivity index (χ1) is 11.2. The van der Waals surface area contributed by atoms with E-state index >= 15 is 0 Å². The average molecular weight is 411 g/mol. The monoisotopic (exact) mass is 410 g/mol. The molecule has 2 aromatic rings. The number of hydrogen-bond acceptors (Lipinski definition) is 3. The maximum absolute atomic E-state index is 12.1. The van der Waals surface area contributed by atoms with Crippen LogP contribution in [0.2, 0.25) is 0 Å². The van der Waals surface area contributed by atoms with E-state index in [0.29, 0.717) is 4.90 Å². The third-order valence-corrected chi connectivity index (χ3v) is 6.33. The molecule has 0 radical (unpaired) electrons. The van der Waals surface area contributed by atoms with Gasteiger partial charge >= 0.3 is 0 Å². The van der Waals surface area contributed by atoms with Crippen LogP contribution in [-0.2, 0) is 10.0 Å². The van der Waals surface area contributed by atoms with Gasteiger partial charge in [0.1, 0.15) is 0 Å². The highest BCUT2D eigenvalue weighted by Gasteiger charge is 2.18. The van der Waals surface area contributed by atoms with Crippen molar-refractivity contribution in [1.29, 1.82) is 0 Å². The van der Waals surface area contributed by atoms with E-state index in [1.165, 1.54) is 24.0 Å². The molecule has 2 atom stereocenters. The Labute approximate surface area is 153 Å². The van der Waals surface area contributed by atoms with E-state index in [9.17, 15) is 8.42 Å². The van der Waals surface area contributed by atoms with E-state index in [-0.39, 0.29) is 12.1 Å². The van der Waals surface area contributed by atoms with Crippen LogP contribution in [0.3, 0.4) is 0 Å². The summed E-state index contributed by atoms with van der Waals surface area (Å²) in [6, 6.07) is 15.5. The summed E-state index contributed by atoms with van der Waals surface area (Å²) < 4.78 is 26.5. The van der Waals surface area contributed by atoms with Crippen molar-refractivity contribution in [1.82, 2.24) is 9.62 Å². The molecular weight excluding hydrogens is 388 g/mol. The van der Waals surface area contributed by atoms with Crippen molar-refractivity contribution in [2.75, 3.05) is 14.1 Å². The van der Waals surface area contributed by atoms with E-state index in [2.05, 4.69) is 47.2 Å². The smallest absolute Gasteiger partial charge is 0.242 e. The second-order valence-corrected chi connectivity index (χ2v) is 9.09. The predicted molar refractivity (Wildman–Crippen MR) is 101 cm³/mol. The number of hydrogen-bond donors (Lipinski definition) is 1. The van der Waals surface area contributed by atoms with Crippen molar-refractivity contribution < 1.29 is 8.42 Å². The fourth-order valence-corrected chi connectivity index (χ4v) is 3.80. The van der Waals surface area contributed by atoms with Gasteiger partial charge in [0.05, 0.1) is 4.90 Å². The van der Waals surface area contributed by atoms with Crippen LogP contribution >= 0.6 is 15.9 Å². The molecule has 0 aliphatic heterocycles. The third-order valence-electron chi connectivity index (χ3n) is 4.01. The van der Waals surface area contributed by atoms with Gasteiger partial charge in [-0.2, -0.15) is 0 Å². The van der Waals surface area contributed by atoms with Crippen molar-refractivity contribution in [2.45, 2.75) is 30.8 Å². The summed E-state index contributed by atoms with van der Waals surface area (Å²) in [6.07, 6.45) is 0. The first kappa shape index (κ1) is 19.1. The molecule has 4 nitrogen and oxygen atoms in total. The predicted octanol–water partition coefficient (Wildman–Crippen LogP) is 4.11. The molecule has 24 heavy (non-hydrogen) atoms. The second kappa shape index (κ2) is 7.78. The highest BCUT2D eigenvalue weighted by molar-refractivity contribution is 9.10. The lowest BCUT2D eigenvalue weighted by Crippen LogP contribution is -2.23. The lowest BCUT2D eigenvalue weighted by Gasteiger charge is -2.21. The lowest BCUT2D eigenvalue weighted by atomic mass is 10.0. The minimum atomic E-state index is -3.38. The molecule has 1 N–H and O–H groups in total. The van der Waals surface area contributed by atoms with Gasteiger partial charge in [0, 0.05) is 30.7 Å². The molecule has 0 amide bonds. The van der Waals surface area contributed by atoms with Crippen LogP contribution < -0.4 is 5.32 Å². The summed E-state index contributed by atoms with van der Waals surface area (Å²) in [4.78, 5) is 0.309. The molecule has 6 heteroatoms. The van der Waals surface area contributed by atoms with Gasteiger partial charge in [-0.25, -0.2) is 12.7 Å². The molecular formula is C18H23BrN2O2S. The topological polar surface area (TPSA) is 49.4 Å². The van der Waals surface area contributed by atoms with E-state index in [1.54, 1.807) is 12.1 Å². The Morgan fingerprint density at radius 1 is 0.958 bits per heavy atom. The number of benzene rings is 2. The van der Waals surface area contributed by atoms with Gasteiger partial charge in [0.15, 0.2) is 0 Å². The lowest BCUT2D eigenvalue weighted by molar-refractivity contribution is 0.494. The maximum atomic E-state index is 12.1. The first-order valence-electron chi connectivity index (χ1n) is 7.76. The molecule has 0 aliphatic carbocycles. The SMILES string of the molecule is C[C@@H](N[C@H](C)c1cccc(Br)c1)c1ccc(S(=O)(=O)N(C)C)cc1. The molecule has 0 aliphatic rings. The summed E-state index contributed by atoms with van der Waals surface area (Å²) in [5, 5.41) is 3.54. The van der Waals surface area contributed by atoms with E-state index in [1.807, 2.05) is 24.3 Å². The number of nitrogens with zero attached hydrogens (tertiary/aromatic N) is 1. The van der Waals surface area contributed by atoms with Crippen molar-refractivity contribution in [2.24, 2.45) is 0 Å². The fourth-order valence-electron chi connectivity index (χ4n) is 2.48. The van der Waals surface area contributed by atoms with Gasteiger partial charge < -0.3 is 5.32 Å². The molecule has 0 saturated heterocycles. The molecule has 0 fully saturated rings. The number of rotatable bonds is 6. The highest BCUT2D eigenvalue weighted by Crippen LogP contribution is 2.23. The van der Waals surface area contributed by atoms with E-state index in [0.717, 1.165) is 10.0 Å². The summed E-state index contributed by atoms with van der Waals surface area (Å²) in [6.45, 7) is 4.19. The van der Waals surface area contributed by atoms with E-state index in [4.69, 9.17) is 0 Å². The van der Waals surface area contributed by atoms with Gasteiger partial charge in [-0.3, -0.25) is 0 Å². The Morgan fingerprint density at radius 2 is 1.54 bits per heavy atom. The highest BCUT2D eigenvalue weighted by atomic mass is 79.9. The van der Waals surface area contributed by atoms with Crippen molar-refractivity contribution >= 4 is 26.0 Å². The average Bonchev–Trinajstić information content (AvgIpc) is 2.54. The normalized spacial score (nSPS) is 14.6. The Hall–Kier alpha value is -1.21. The van der Waals surface area contributed by atoms with Crippen molar-refractivity contribution in [3.63, 3.8) is 0 Å². The number of nitrogens with one attached hydrogen (secondary N) is 1. The summed E-state index contributed by atoms with van der Waals surface area (Å²) in [5.74, 6) is 0. The minimum absolute atomic E-state index is 0.107. The molecule has 0 aromatic heterocycles. The molecule has 0 spiro atoms. The second-order valence-electron chi connectivity index (χ2n) is 6.02. The van der Waals surface area contributed by atoms with Gasteiger partial charge in [-0.15, -0.1) is 0 Å². The zero-order valence-corrected chi connectivity index (χ0v) is 16.7. The standard InChI is InChI=1S/C18H23BrN2O2S/c1-13(20-14(2)16-6-5-7-17(19)12-16)15-8-10-18(11-9-15)24(22,23)21(3)4/h5-14,20H,1-4H3/t13-,14-/m1/s1. The van der Waals surface area contributed by atoms with Crippen molar-refractivity contribution in [3.8, 4) is 0 Å². The van der Waals surface area contributed by atoms with Crippen LogP contribution in [0, 0.1) is 0 Å². The van der Waals surface area contributed by atoms with Crippen LogP contribution in [0.25, 0.3) is 0 Å². The van der Waals surface area contributed by atoms with Gasteiger partial charge in [-0.05, 0) is 49.2 Å². The zero-order chi connectivity index (χ0) is 17.9. The largest absolute Gasteiger partial charge is 0.304 e. The number of sulfonamides is 1. The van der Waals surface area contributed by atoms with Gasteiger partial charge in [0.2, 0.25) is 10.0 Å². The summed E-state index contributed by atoms with van der Waals surface area (Å²) in [5.41, 5.74) is 2.25. The molecule has 0 unspecified atom stereocenters. The molecule has 0 bridgehead atoms. The summed E-state index contributed by atoms with van der Waals surface area (Å²) in [7, 11) is -0.313. The van der Waals surface area contributed by atoms with Crippen LogP contribution in [0.4, 0.5) is 0 Å². The van der Waals surface area contributed by atoms with Crippen LogP contribution in [0.15, 0.2) is 57.9 Å². The van der Waals surface area contributed by atoms with Crippen LogP contribution in [0.5, 0.6) is 0 Å². The van der Waals surface area contributed by atoms with Crippen molar-refractivity contribution in [3.05, 3.63) is 64.1 Å².